The molecule has 1 aromatic carbocycles. The number of hydrogen-bond donors (Lipinski definition) is 1. The summed E-state index contributed by atoms with van der Waals surface area (Å²) < 4.78 is 0. The average molecular weight is 259 g/mol. The van der Waals surface area contributed by atoms with Gasteiger partial charge in [0.1, 0.15) is 6.04 Å². The van der Waals surface area contributed by atoms with Gasteiger partial charge in [0, 0.05) is 18.3 Å². The number of piperazine rings is 1. The van der Waals surface area contributed by atoms with E-state index >= 15 is 0 Å². The quantitative estimate of drug-likeness (QED) is 0.844. The van der Waals surface area contributed by atoms with E-state index in [-0.39, 0.29) is 18.6 Å². The number of nitriles is 1. The Bertz CT molecular complexity index is 506. The average Bonchev–Trinajstić information content (AvgIpc) is 2.44. The molecule has 5 nitrogen and oxygen atoms in total. The number of anilines is 1. The summed E-state index contributed by atoms with van der Waals surface area (Å²) in [5.74, 6) is -0.104. The number of nitrogens with zero attached hydrogens (tertiary/aromatic N) is 3. The number of hydrogen-bond acceptors (Lipinski definition) is 4. The first-order chi connectivity index (χ1) is 9.08. The minimum Gasteiger partial charge on any atom is -0.394 e. The van der Waals surface area contributed by atoms with Crippen LogP contribution in [0.25, 0.3) is 0 Å². The summed E-state index contributed by atoms with van der Waals surface area (Å²) in [7, 11) is 1.85. The van der Waals surface area contributed by atoms with Crippen molar-refractivity contribution >= 4 is 11.6 Å². The van der Waals surface area contributed by atoms with Crippen LogP contribution in [0.5, 0.6) is 0 Å². The summed E-state index contributed by atoms with van der Waals surface area (Å²) in [6, 6.07) is 8.65. The van der Waals surface area contributed by atoms with E-state index in [1.54, 1.807) is 29.2 Å². The molecule has 1 aromatic rings. The highest BCUT2D eigenvalue weighted by atomic mass is 16.3. The van der Waals surface area contributed by atoms with Gasteiger partial charge in [0.15, 0.2) is 0 Å². The molecule has 2 atom stereocenters. The van der Waals surface area contributed by atoms with Crippen LogP contribution >= 0.6 is 0 Å². The van der Waals surface area contributed by atoms with Gasteiger partial charge in [-0.15, -0.1) is 0 Å². The van der Waals surface area contributed by atoms with Gasteiger partial charge in [-0.2, -0.15) is 5.26 Å². The Morgan fingerprint density at radius 1 is 1.42 bits per heavy atom. The van der Waals surface area contributed by atoms with Crippen LogP contribution in [0.15, 0.2) is 24.3 Å². The van der Waals surface area contributed by atoms with E-state index in [0.29, 0.717) is 12.1 Å². The molecule has 0 radical (unpaired) electrons. The fourth-order valence-electron chi connectivity index (χ4n) is 2.30. The third kappa shape index (κ3) is 2.46. The molecule has 1 N–H and O–H groups in total. The molecule has 1 fully saturated rings. The molecule has 0 aromatic heterocycles. The monoisotopic (exact) mass is 259 g/mol. The van der Waals surface area contributed by atoms with Crippen molar-refractivity contribution in [3.63, 3.8) is 0 Å². The fraction of sp³-hybridized carbons (Fsp3) is 0.429. The van der Waals surface area contributed by atoms with Gasteiger partial charge >= 0.3 is 0 Å². The Labute approximate surface area is 112 Å². The number of likely N-dealkylation sites (N-methyl/N-ethyl adjacent to an activating group) is 1. The molecule has 1 aliphatic heterocycles. The number of amides is 1. The molecule has 1 heterocycles. The molecule has 1 saturated heterocycles. The van der Waals surface area contributed by atoms with E-state index in [2.05, 4.69) is 6.07 Å². The van der Waals surface area contributed by atoms with E-state index in [1.165, 1.54) is 0 Å². The molecular formula is C14H17N3O2. The second-order valence-corrected chi connectivity index (χ2v) is 4.82. The van der Waals surface area contributed by atoms with Crippen LogP contribution in [0.2, 0.25) is 0 Å². The molecule has 0 bridgehead atoms. The molecule has 100 valence electrons. The molecule has 19 heavy (non-hydrogen) atoms. The molecule has 2 unspecified atom stereocenters. The maximum absolute atomic E-state index is 12.3. The van der Waals surface area contributed by atoms with Crippen LogP contribution in [-0.2, 0) is 4.79 Å². The van der Waals surface area contributed by atoms with Crippen molar-refractivity contribution in [2.75, 3.05) is 25.1 Å². The molecule has 1 amide bonds. The lowest BCUT2D eigenvalue weighted by molar-refractivity contribution is -0.128. The summed E-state index contributed by atoms with van der Waals surface area (Å²) in [4.78, 5) is 15.9. The Morgan fingerprint density at radius 3 is 2.58 bits per heavy atom. The van der Waals surface area contributed by atoms with Crippen molar-refractivity contribution < 1.29 is 9.90 Å². The molecule has 1 aliphatic rings. The van der Waals surface area contributed by atoms with E-state index in [1.807, 2.05) is 18.9 Å². The van der Waals surface area contributed by atoms with Crippen molar-refractivity contribution in [1.29, 1.82) is 5.26 Å². The van der Waals surface area contributed by atoms with Crippen molar-refractivity contribution in [2.24, 2.45) is 0 Å². The van der Waals surface area contributed by atoms with Gasteiger partial charge in [-0.25, -0.2) is 0 Å². The molecule has 0 aliphatic carbocycles. The van der Waals surface area contributed by atoms with Crippen molar-refractivity contribution in [3.8, 4) is 6.07 Å². The number of carbonyl (C=O) groups is 1. The smallest absolute Gasteiger partial charge is 0.246 e. The predicted octanol–water partition coefficient (Wildman–Crippen LogP) is 0.586. The van der Waals surface area contributed by atoms with Gasteiger partial charge in [-0.05, 0) is 38.2 Å². The van der Waals surface area contributed by atoms with E-state index < -0.39 is 6.04 Å². The summed E-state index contributed by atoms with van der Waals surface area (Å²) in [6.45, 7) is 2.41. The van der Waals surface area contributed by atoms with Gasteiger partial charge < -0.3 is 10.0 Å². The van der Waals surface area contributed by atoms with Crippen LogP contribution in [0.4, 0.5) is 5.69 Å². The first-order valence-corrected chi connectivity index (χ1v) is 6.22. The highest BCUT2D eigenvalue weighted by molar-refractivity contribution is 5.98. The topological polar surface area (TPSA) is 67.6 Å². The number of rotatable bonds is 2. The Morgan fingerprint density at radius 2 is 2.05 bits per heavy atom. The zero-order valence-electron chi connectivity index (χ0n) is 11.1. The first kappa shape index (κ1) is 13.5. The largest absolute Gasteiger partial charge is 0.394 e. The molecule has 0 spiro atoms. The van der Waals surface area contributed by atoms with Crippen LogP contribution < -0.4 is 4.90 Å². The van der Waals surface area contributed by atoms with Gasteiger partial charge in [0.05, 0.1) is 18.2 Å². The van der Waals surface area contributed by atoms with Crippen LogP contribution in [0.3, 0.4) is 0 Å². The van der Waals surface area contributed by atoms with E-state index in [0.717, 1.165) is 5.69 Å². The highest BCUT2D eigenvalue weighted by Gasteiger charge is 2.36. The highest BCUT2D eigenvalue weighted by Crippen LogP contribution is 2.22. The zero-order chi connectivity index (χ0) is 14.0. The van der Waals surface area contributed by atoms with Gasteiger partial charge in [0.25, 0.3) is 0 Å². The van der Waals surface area contributed by atoms with Crippen LogP contribution in [-0.4, -0.2) is 48.2 Å². The second kappa shape index (κ2) is 5.39. The second-order valence-electron chi connectivity index (χ2n) is 4.82. The van der Waals surface area contributed by atoms with Gasteiger partial charge in [0.2, 0.25) is 5.91 Å². The number of aliphatic hydroxyl groups is 1. The van der Waals surface area contributed by atoms with Crippen LogP contribution in [0.1, 0.15) is 12.5 Å². The lowest BCUT2D eigenvalue weighted by Gasteiger charge is -2.42. The summed E-state index contributed by atoms with van der Waals surface area (Å²) >= 11 is 0. The Balaban J connectivity index is 2.28. The summed E-state index contributed by atoms with van der Waals surface area (Å²) in [5.41, 5.74) is 1.33. The van der Waals surface area contributed by atoms with Crippen LogP contribution in [0, 0.1) is 11.3 Å². The lowest BCUT2D eigenvalue weighted by atomic mass is 10.1. The van der Waals surface area contributed by atoms with E-state index in [9.17, 15) is 9.90 Å². The minimum absolute atomic E-state index is 0.104. The van der Waals surface area contributed by atoms with E-state index in [4.69, 9.17) is 5.26 Å². The summed E-state index contributed by atoms with van der Waals surface area (Å²) in [5, 5.41) is 18.1. The summed E-state index contributed by atoms with van der Waals surface area (Å²) in [6.07, 6.45) is 0. The maximum Gasteiger partial charge on any atom is 0.246 e. The number of benzene rings is 1. The standard InChI is InChI=1S/C14H17N3O2/c1-10-8-17(14(19)13(9-18)16(10)2)12-5-3-11(7-15)4-6-12/h3-6,10,13,18H,8-9H2,1-2H3. The predicted molar refractivity (Wildman–Crippen MR) is 71.6 cm³/mol. The van der Waals surface area contributed by atoms with Crippen molar-refractivity contribution in [3.05, 3.63) is 29.8 Å². The maximum atomic E-state index is 12.3. The Hall–Kier alpha value is -1.90. The first-order valence-electron chi connectivity index (χ1n) is 6.22. The number of aliphatic hydroxyl groups excluding tert-OH is 1. The Kier molecular flexibility index (Phi) is 3.84. The fourth-order valence-corrected chi connectivity index (χ4v) is 2.30. The van der Waals surface area contributed by atoms with Gasteiger partial charge in [-0.3, -0.25) is 9.69 Å². The minimum atomic E-state index is -0.501. The number of carbonyl (C=O) groups excluding carboxylic acids is 1. The molecule has 5 heteroatoms. The normalized spacial score (nSPS) is 24.3. The van der Waals surface area contributed by atoms with Crippen molar-refractivity contribution in [2.45, 2.75) is 19.0 Å². The zero-order valence-corrected chi connectivity index (χ0v) is 11.1. The lowest BCUT2D eigenvalue weighted by Crippen LogP contribution is -2.61. The molecule has 0 saturated carbocycles. The molecular weight excluding hydrogens is 242 g/mol. The third-order valence-corrected chi connectivity index (χ3v) is 3.67. The SMILES string of the molecule is CC1CN(c2ccc(C#N)cc2)C(=O)C(CO)N1C. The van der Waals surface area contributed by atoms with Gasteiger partial charge in [-0.1, -0.05) is 0 Å². The van der Waals surface area contributed by atoms with Crippen molar-refractivity contribution in [1.82, 2.24) is 4.90 Å². The third-order valence-electron chi connectivity index (χ3n) is 3.67. The molecule has 2 rings (SSSR count).